The van der Waals surface area contributed by atoms with Gasteiger partial charge in [0.15, 0.2) is 0 Å². The third-order valence-electron chi connectivity index (χ3n) is 1.50. The Morgan fingerprint density at radius 1 is 1.58 bits per heavy atom. The average molecular weight is 183 g/mol. The number of aromatic nitrogens is 1. The van der Waals surface area contributed by atoms with Gasteiger partial charge in [-0.2, -0.15) is 17.0 Å². The molecular formula is C9H10FNS. The second kappa shape index (κ2) is 4.26. The molecule has 1 nitrogen and oxygen atoms in total. The van der Waals surface area contributed by atoms with Crippen LogP contribution in [0.15, 0.2) is 18.2 Å². The SMILES string of the molecule is Cc1nc(F)ccc1C=CCS. The van der Waals surface area contributed by atoms with Gasteiger partial charge >= 0.3 is 0 Å². The molecule has 0 spiro atoms. The fraction of sp³-hybridized carbons (Fsp3) is 0.222. The van der Waals surface area contributed by atoms with Gasteiger partial charge in [-0.3, -0.25) is 0 Å². The molecule has 3 heteroatoms. The number of hydrogen-bond donors (Lipinski definition) is 1. The van der Waals surface area contributed by atoms with Crippen LogP contribution in [0.3, 0.4) is 0 Å². The summed E-state index contributed by atoms with van der Waals surface area (Å²) in [6, 6.07) is 3.06. The molecule has 0 unspecified atom stereocenters. The Morgan fingerprint density at radius 2 is 2.33 bits per heavy atom. The molecule has 0 amide bonds. The maximum absolute atomic E-state index is 12.5. The summed E-state index contributed by atoms with van der Waals surface area (Å²) < 4.78 is 12.5. The molecule has 12 heavy (non-hydrogen) atoms. The molecule has 0 fully saturated rings. The van der Waals surface area contributed by atoms with Gasteiger partial charge in [-0.1, -0.05) is 12.2 Å². The van der Waals surface area contributed by atoms with Gasteiger partial charge in [0.1, 0.15) is 0 Å². The summed E-state index contributed by atoms with van der Waals surface area (Å²) in [4.78, 5) is 3.68. The van der Waals surface area contributed by atoms with Crippen LogP contribution in [0.5, 0.6) is 0 Å². The number of rotatable bonds is 2. The fourth-order valence-electron chi connectivity index (χ4n) is 0.897. The zero-order chi connectivity index (χ0) is 8.97. The van der Waals surface area contributed by atoms with Gasteiger partial charge in [0.2, 0.25) is 5.95 Å². The lowest BCUT2D eigenvalue weighted by molar-refractivity contribution is 0.580. The monoisotopic (exact) mass is 183 g/mol. The van der Waals surface area contributed by atoms with Crippen molar-refractivity contribution >= 4 is 18.7 Å². The summed E-state index contributed by atoms with van der Waals surface area (Å²) in [5.41, 5.74) is 1.64. The van der Waals surface area contributed by atoms with E-state index in [1.54, 1.807) is 13.0 Å². The predicted octanol–water partition coefficient (Wildman–Crippen LogP) is 2.47. The molecule has 1 aromatic heterocycles. The minimum Gasteiger partial charge on any atom is -0.225 e. The van der Waals surface area contributed by atoms with E-state index in [1.165, 1.54) is 6.07 Å². The van der Waals surface area contributed by atoms with Crippen LogP contribution in [0, 0.1) is 12.9 Å². The lowest BCUT2D eigenvalue weighted by atomic mass is 10.2. The van der Waals surface area contributed by atoms with Crippen molar-refractivity contribution in [1.29, 1.82) is 0 Å². The highest BCUT2D eigenvalue weighted by Crippen LogP contribution is 2.07. The zero-order valence-electron chi connectivity index (χ0n) is 6.79. The van der Waals surface area contributed by atoms with Crippen LogP contribution < -0.4 is 0 Å². The highest BCUT2D eigenvalue weighted by molar-refractivity contribution is 7.80. The molecule has 1 heterocycles. The van der Waals surface area contributed by atoms with Gasteiger partial charge < -0.3 is 0 Å². The first-order chi connectivity index (χ1) is 5.74. The molecule has 0 aliphatic heterocycles. The first-order valence-corrected chi connectivity index (χ1v) is 4.28. The summed E-state index contributed by atoms with van der Waals surface area (Å²) >= 11 is 4.02. The molecule has 1 aromatic rings. The Bertz CT molecular complexity index is 297. The third-order valence-corrected chi connectivity index (χ3v) is 1.71. The molecule has 0 saturated heterocycles. The first kappa shape index (κ1) is 9.26. The molecule has 1 rings (SSSR count). The lowest BCUT2D eigenvalue weighted by Crippen LogP contribution is -1.89. The Kier molecular flexibility index (Phi) is 3.29. The molecular weight excluding hydrogens is 173 g/mol. The number of halogens is 1. The molecule has 0 aliphatic carbocycles. The maximum atomic E-state index is 12.5. The van der Waals surface area contributed by atoms with Gasteiger partial charge in [0.25, 0.3) is 0 Å². The summed E-state index contributed by atoms with van der Waals surface area (Å²) in [6.45, 7) is 1.78. The van der Waals surface area contributed by atoms with Crippen LogP contribution in [-0.4, -0.2) is 10.7 Å². The number of pyridine rings is 1. The van der Waals surface area contributed by atoms with Crippen molar-refractivity contribution in [3.63, 3.8) is 0 Å². The van der Waals surface area contributed by atoms with Gasteiger partial charge in [-0.25, -0.2) is 4.98 Å². The van der Waals surface area contributed by atoms with E-state index in [4.69, 9.17) is 0 Å². The second-order valence-electron chi connectivity index (χ2n) is 2.39. The normalized spacial score (nSPS) is 10.9. The second-order valence-corrected chi connectivity index (χ2v) is 2.76. The van der Waals surface area contributed by atoms with Gasteiger partial charge in [-0.15, -0.1) is 0 Å². The van der Waals surface area contributed by atoms with Crippen LogP contribution in [0.4, 0.5) is 4.39 Å². The molecule has 0 aromatic carbocycles. The van der Waals surface area contributed by atoms with Crippen molar-refractivity contribution in [3.05, 3.63) is 35.4 Å². The van der Waals surface area contributed by atoms with E-state index in [2.05, 4.69) is 17.6 Å². The van der Waals surface area contributed by atoms with E-state index >= 15 is 0 Å². The first-order valence-electron chi connectivity index (χ1n) is 3.64. The number of thiol groups is 1. The van der Waals surface area contributed by atoms with E-state index in [0.717, 1.165) is 5.56 Å². The van der Waals surface area contributed by atoms with Crippen molar-refractivity contribution < 1.29 is 4.39 Å². The van der Waals surface area contributed by atoms with E-state index in [-0.39, 0.29) is 0 Å². The summed E-state index contributed by atoms with van der Waals surface area (Å²) in [6.07, 6.45) is 3.78. The Balaban J connectivity index is 2.94. The van der Waals surface area contributed by atoms with Crippen LogP contribution in [0.25, 0.3) is 6.08 Å². The van der Waals surface area contributed by atoms with E-state index < -0.39 is 5.95 Å². The van der Waals surface area contributed by atoms with Gasteiger partial charge in [0, 0.05) is 11.4 Å². The fourth-order valence-corrected chi connectivity index (χ4v) is 1.00. The average Bonchev–Trinajstić information content (AvgIpc) is 2.03. The van der Waals surface area contributed by atoms with Gasteiger partial charge in [-0.05, 0) is 24.6 Å². The van der Waals surface area contributed by atoms with Crippen molar-refractivity contribution in [2.75, 3.05) is 5.75 Å². The Hall–Kier alpha value is -0.830. The summed E-state index contributed by atoms with van der Waals surface area (Å²) in [7, 11) is 0. The number of hydrogen-bond acceptors (Lipinski definition) is 2. The third kappa shape index (κ3) is 2.34. The van der Waals surface area contributed by atoms with E-state index in [9.17, 15) is 4.39 Å². The molecule has 0 atom stereocenters. The molecule has 0 bridgehead atoms. The Labute approximate surface area is 76.7 Å². The van der Waals surface area contributed by atoms with Crippen molar-refractivity contribution in [2.24, 2.45) is 0 Å². The minimum absolute atomic E-state index is 0.435. The quantitative estimate of drug-likeness (QED) is 0.549. The van der Waals surface area contributed by atoms with Crippen LogP contribution >= 0.6 is 12.6 Å². The van der Waals surface area contributed by atoms with Crippen LogP contribution in [-0.2, 0) is 0 Å². The predicted molar refractivity (Wildman–Crippen MR) is 51.8 cm³/mol. The van der Waals surface area contributed by atoms with Crippen molar-refractivity contribution in [3.8, 4) is 0 Å². The highest BCUT2D eigenvalue weighted by Gasteiger charge is 1.96. The summed E-state index contributed by atoms with van der Waals surface area (Å²) in [5, 5.41) is 0. The molecule has 64 valence electrons. The standard InChI is InChI=1S/C9H10FNS/c1-7-8(3-2-6-12)4-5-9(10)11-7/h2-5,12H,6H2,1H3. The molecule has 0 N–H and O–H groups in total. The maximum Gasteiger partial charge on any atom is 0.213 e. The lowest BCUT2D eigenvalue weighted by Gasteiger charge is -1.97. The van der Waals surface area contributed by atoms with Crippen molar-refractivity contribution in [2.45, 2.75) is 6.92 Å². The van der Waals surface area contributed by atoms with E-state index in [1.807, 2.05) is 12.2 Å². The van der Waals surface area contributed by atoms with E-state index in [0.29, 0.717) is 11.4 Å². The molecule has 0 saturated carbocycles. The summed E-state index contributed by atoms with van der Waals surface area (Å²) in [5.74, 6) is 0.243. The topological polar surface area (TPSA) is 12.9 Å². The van der Waals surface area contributed by atoms with Crippen molar-refractivity contribution in [1.82, 2.24) is 4.98 Å². The molecule has 0 radical (unpaired) electrons. The smallest absolute Gasteiger partial charge is 0.213 e. The Morgan fingerprint density at radius 3 is 2.92 bits per heavy atom. The van der Waals surface area contributed by atoms with Crippen LogP contribution in [0.2, 0.25) is 0 Å². The zero-order valence-corrected chi connectivity index (χ0v) is 7.68. The van der Waals surface area contributed by atoms with Crippen LogP contribution in [0.1, 0.15) is 11.3 Å². The van der Waals surface area contributed by atoms with Gasteiger partial charge in [0.05, 0.1) is 0 Å². The highest BCUT2D eigenvalue weighted by atomic mass is 32.1. The number of aryl methyl sites for hydroxylation is 1. The minimum atomic E-state index is -0.435. The largest absolute Gasteiger partial charge is 0.225 e. The number of nitrogens with zero attached hydrogens (tertiary/aromatic N) is 1. The molecule has 0 aliphatic rings.